The van der Waals surface area contributed by atoms with Crippen LogP contribution in [0, 0.1) is 5.92 Å². The fraction of sp³-hybridized carbons (Fsp3) is 0.667. The van der Waals surface area contributed by atoms with Crippen molar-refractivity contribution in [1.82, 2.24) is 10.5 Å². The maximum Gasteiger partial charge on any atom is 0.129 e. The Bertz CT molecular complexity index is 230. The lowest BCUT2D eigenvalue weighted by atomic mass is 10.1. The van der Waals surface area contributed by atoms with Gasteiger partial charge in [0.25, 0.3) is 0 Å². The van der Waals surface area contributed by atoms with E-state index in [1.807, 2.05) is 0 Å². The van der Waals surface area contributed by atoms with Gasteiger partial charge in [-0.2, -0.15) is 0 Å². The van der Waals surface area contributed by atoms with Crippen molar-refractivity contribution < 1.29 is 9.26 Å². The van der Waals surface area contributed by atoms with E-state index in [1.165, 1.54) is 6.42 Å². The van der Waals surface area contributed by atoms with E-state index >= 15 is 0 Å². The number of nitrogens with zero attached hydrogens (tertiary/aromatic N) is 1. The minimum atomic E-state index is 0.611. The molecule has 72 valence electrons. The molecule has 2 rings (SSSR count). The molecule has 13 heavy (non-hydrogen) atoms. The van der Waals surface area contributed by atoms with Crippen LogP contribution in [0.25, 0.3) is 0 Å². The van der Waals surface area contributed by atoms with Crippen LogP contribution in [0.4, 0.5) is 0 Å². The summed E-state index contributed by atoms with van der Waals surface area (Å²) in [5.74, 6) is 0.680. The maximum absolute atomic E-state index is 5.52. The molecule has 4 heteroatoms. The van der Waals surface area contributed by atoms with Crippen LogP contribution in [0.15, 0.2) is 17.0 Å². The second-order valence-corrected chi connectivity index (χ2v) is 3.41. The summed E-state index contributed by atoms with van der Waals surface area (Å²) in [6.45, 7) is 3.66. The summed E-state index contributed by atoms with van der Waals surface area (Å²) in [7, 11) is 0. The van der Waals surface area contributed by atoms with Gasteiger partial charge >= 0.3 is 0 Å². The van der Waals surface area contributed by atoms with Gasteiger partial charge < -0.3 is 14.6 Å². The van der Waals surface area contributed by atoms with Crippen molar-refractivity contribution in [2.24, 2.45) is 5.92 Å². The van der Waals surface area contributed by atoms with Crippen molar-refractivity contribution in [3.8, 4) is 0 Å². The highest BCUT2D eigenvalue weighted by molar-refractivity contribution is 4.97. The first kappa shape index (κ1) is 8.72. The van der Waals surface area contributed by atoms with Gasteiger partial charge in [0, 0.05) is 12.1 Å². The Kier molecular flexibility index (Phi) is 2.94. The zero-order valence-electron chi connectivity index (χ0n) is 7.53. The Hall–Kier alpha value is -0.870. The highest BCUT2D eigenvalue weighted by Gasteiger charge is 2.14. The van der Waals surface area contributed by atoms with Gasteiger partial charge in [-0.05, 0) is 18.9 Å². The third kappa shape index (κ3) is 2.54. The molecule has 4 nitrogen and oxygen atoms in total. The number of hydrogen-bond donors (Lipinski definition) is 1. The van der Waals surface area contributed by atoms with Crippen molar-refractivity contribution in [2.75, 3.05) is 19.7 Å². The summed E-state index contributed by atoms with van der Waals surface area (Å²) in [6.07, 6.45) is 4.53. The minimum Gasteiger partial charge on any atom is -0.376 e. The topological polar surface area (TPSA) is 47.3 Å². The normalized spacial score (nSPS) is 22.3. The average Bonchev–Trinajstić information content (AvgIpc) is 2.75. The zero-order chi connectivity index (χ0) is 8.93. The van der Waals surface area contributed by atoms with E-state index in [4.69, 9.17) is 9.26 Å². The number of rotatable bonds is 4. The molecule has 1 aliphatic rings. The molecule has 1 aliphatic heterocycles. The first-order valence-corrected chi connectivity index (χ1v) is 4.62. The molecule has 1 aromatic rings. The van der Waals surface area contributed by atoms with Crippen molar-refractivity contribution >= 4 is 0 Å². The highest BCUT2D eigenvalue weighted by Crippen LogP contribution is 2.09. The fourth-order valence-corrected chi connectivity index (χ4v) is 1.50. The highest BCUT2D eigenvalue weighted by atomic mass is 16.5. The van der Waals surface area contributed by atoms with E-state index < -0.39 is 0 Å². The van der Waals surface area contributed by atoms with Crippen LogP contribution >= 0.6 is 0 Å². The van der Waals surface area contributed by atoms with Crippen LogP contribution in [0.2, 0.25) is 0 Å². The lowest BCUT2D eigenvalue weighted by molar-refractivity contribution is 0.0921. The van der Waals surface area contributed by atoms with E-state index in [0.717, 1.165) is 25.3 Å². The molecule has 0 spiro atoms. The molecule has 0 radical (unpaired) electrons. The van der Waals surface area contributed by atoms with E-state index in [-0.39, 0.29) is 0 Å². The molecule has 0 amide bonds. The van der Waals surface area contributed by atoms with Gasteiger partial charge in [0.1, 0.15) is 6.26 Å². The Labute approximate surface area is 77.2 Å². The SMILES string of the molecule is c1nocc1COCC1CCNC1. The van der Waals surface area contributed by atoms with Gasteiger partial charge in [-0.15, -0.1) is 0 Å². The van der Waals surface area contributed by atoms with Crippen LogP contribution in [-0.4, -0.2) is 24.9 Å². The Morgan fingerprint density at radius 3 is 3.38 bits per heavy atom. The lowest BCUT2D eigenvalue weighted by Crippen LogP contribution is -2.13. The quantitative estimate of drug-likeness (QED) is 0.748. The van der Waals surface area contributed by atoms with E-state index in [1.54, 1.807) is 12.5 Å². The van der Waals surface area contributed by atoms with Gasteiger partial charge in [-0.3, -0.25) is 0 Å². The summed E-state index contributed by atoms with van der Waals surface area (Å²) < 4.78 is 10.2. The predicted molar refractivity (Wildman–Crippen MR) is 47.1 cm³/mol. The molecule has 0 aromatic carbocycles. The standard InChI is InChI=1S/C9H14N2O2/c1-2-10-3-8(1)5-12-6-9-4-11-13-7-9/h4,7-8,10H,1-3,5-6H2. The van der Waals surface area contributed by atoms with Crippen LogP contribution < -0.4 is 5.32 Å². The molecule has 0 aliphatic carbocycles. The van der Waals surface area contributed by atoms with Crippen LogP contribution in [-0.2, 0) is 11.3 Å². The van der Waals surface area contributed by atoms with Gasteiger partial charge in [0.05, 0.1) is 19.4 Å². The van der Waals surface area contributed by atoms with E-state index in [9.17, 15) is 0 Å². The van der Waals surface area contributed by atoms with E-state index in [0.29, 0.717) is 12.5 Å². The van der Waals surface area contributed by atoms with Crippen LogP contribution in [0.5, 0.6) is 0 Å². The molecule has 0 bridgehead atoms. The smallest absolute Gasteiger partial charge is 0.129 e. The summed E-state index contributed by atoms with van der Waals surface area (Å²) >= 11 is 0. The first-order valence-electron chi connectivity index (χ1n) is 4.62. The fourth-order valence-electron chi connectivity index (χ4n) is 1.50. The second-order valence-electron chi connectivity index (χ2n) is 3.41. The van der Waals surface area contributed by atoms with Crippen molar-refractivity contribution in [3.05, 3.63) is 18.0 Å². The molecule has 1 aromatic heterocycles. The number of nitrogens with one attached hydrogen (secondary N) is 1. The molecule has 1 atom stereocenters. The average molecular weight is 182 g/mol. The molecular weight excluding hydrogens is 168 g/mol. The van der Waals surface area contributed by atoms with E-state index in [2.05, 4.69) is 10.5 Å². The molecule has 1 fully saturated rings. The van der Waals surface area contributed by atoms with Gasteiger partial charge in [0.15, 0.2) is 0 Å². The zero-order valence-corrected chi connectivity index (χ0v) is 7.53. The number of aromatic nitrogens is 1. The van der Waals surface area contributed by atoms with Crippen LogP contribution in [0.3, 0.4) is 0 Å². The van der Waals surface area contributed by atoms with Gasteiger partial charge in [-0.25, -0.2) is 0 Å². The van der Waals surface area contributed by atoms with Gasteiger partial charge in [-0.1, -0.05) is 5.16 Å². The second kappa shape index (κ2) is 4.39. The third-order valence-corrected chi connectivity index (χ3v) is 2.27. The molecule has 1 N–H and O–H groups in total. The summed E-state index contributed by atoms with van der Waals surface area (Å²) in [4.78, 5) is 0. The Morgan fingerprint density at radius 2 is 2.69 bits per heavy atom. The summed E-state index contributed by atoms with van der Waals surface area (Å²) in [5, 5.41) is 6.91. The van der Waals surface area contributed by atoms with Crippen molar-refractivity contribution in [1.29, 1.82) is 0 Å². The summed E-state index contributed by atoms with van der Waals surface area (Å²) in [6, 6.07) is 0. The lowest BCUT2D eigenvalue weighted by Gasteiger charge is -2.07. The van der Waals surface area contributed by atoms with Gasteiger partial charge in [0.2, 0.25) is 0 Å². The summed E-state index contributed by atoms with van der Waals surface area (Å²) in [5.41, 5.74) is 1.01. The number of ether oxygens (including phenoxy) is 1. The largest absolute Gasteiger partial charge is 0.376 e. The monoisotopic (exact) mass is 182 g/mol. The maximum atomic E-state index is 5.52. The van der Waals surface area contributed by atoms with Crippen molar-refractivity contribution in [2.45, 2.75) is 13.0 Å². The predicted octanol–water partition coefficient (Wildman–Crippen LogP) is 0.801. The number of hydrogen-bond acceptors (Lipinski definition) is 4. The van der Waals surface area contributed by atoms with Crippen molar-refractivity contribution in [3.63, 3.8) is 0 Å². The molecule has 0 saturated carbocycles. The van der Waals surface area contributed by atoms with Crippen LogP contribution in [0.1, 0.15) is 12.0 Å². The Morgan fingerprint density at radius 1 is 1.69 bits per heavy atom. The molecule has 1 unspecified atom stereocenters. The first-order chi connectivity index (χ1) is 6.45. The molecule has 1 saturated heterocycles. The third-order valence-electron chi connectivity index (χ3n) is 2.27. The molecule has 2 heterocycles. The minimum absolute atomic E-state index is 0.611. The molecular formula is C9H14N2O2. The Balaban J connectivity index is 1.63.